The summed E-state index contributed by atoms with van der Waals surface area (Å²) < 4.78 is 30.2. The lowest BCUT2D eigenvalue weighted by Gasteiger charge is -2.58. The molecule has 2 saturated heterocycles. The van der Waals surface area contributed by atoms with Crippen molar-refractivity contribution >= 4 is 35.0 Å². The Kier molecular flexibility index (Phi) is 7.01. The van der Waals surface area contributed by atoms with Gasteiger partial charge in [0.1, 0.15) is 0 Å². The molecule has 0 radical (unpaired) electrons. The van der Waals surface area contributed by atoms with Crippen LogP contribution in [0.3, 0.4) is 0 Å². The third-order valence-corrected chi connectivity index (χ3v) is 11.2. The molecule has 3 aliphatic heterocycles. The van der Waals surface area contributed by atoms with E-state index in [1.807, 2.05) is 0 Å². The molecule has 0 N–H and O–H groups in total. The van der Waals surface area contributed by atoms with Crippen LogP contribution in [0.15, 0.2) is 121 Å². The van der Waals surface area contributed by atoms with Gasteiger partial charge in [-0.1, -0.05) is 144 Å². The first-order valence-electron chi connectivity index (χ1n) is 16.6. The second-order valence-corrected chi connectivity index (χ2v) is 15.1. The topological polar surface area (TPSA) is 36.9 Å². The van der Waals surface area contributed by atoms with Gasteiger partial charge < -0.3 is 18.6 Å². The molecular formula is C40H44B2O4-2. The Hall–Kier alpha value is -3.67. The molecule has 3 aliphatic rings. The molecule has 0 unspecified atom stereocenters. The van der Waals surface area contributed by atoms with Crippen molar-refractivity contribution in [2.24, 2.45) is 0 Å². The molecule has 0 amide bonds. The fourth-order valence-electron chi connectivity index (χ4n) is 7.82. The fourth-order valence-corrected chi connectivity index (χ4v) is 7.82. The van der Waals surface area contributed by atoms with E-state index in [0.29, 0.717) is 0 Å². The van der Waals surface area contributed by atoms with Crippen LogP contribution in [0.2, 0.25) is 0 Å². The van der Waals surface area contributed by atoms with E-state index in [2.05, 4.69) is 177 Å². The van der Waals surface area contributed by atoms with Crippen molar-refractivity contribution in [3.63, 3.8) is 0 Å². The Morgan fingerprint density at radius 1 is 0.304 bits per heavy atom. The Labute approximate surface area is 274 Å². The van der Waals surface area contributed by atoms with Crippen molar-refractivity contribution in [3.05, 3.63) is 144 Å². The van der Waals surface area contributed by atoms with Crippen molar-refractivity contribution in [2.45, 2.75) is 77.8 Å². The lowest BCUT2D eigenvalue weighted by atomic mass is 9.25. The van der Waals surface area contributed by atoms with Gasteiger partial charge in [-0.05, 0) is 55.4 Å². The summed E-state index contributed by atoms with van der Waals surface area (Å²) in [4.78, 5) is 0. The van der Waals surface area contributed by atoms with Crippen molar-refractivity contribution in [1.29, 1.82) is 0 Å². The zero-order chi connectivity index (χ0) is 32.6. The largest absolute Gasteiger partial charge is 0.554 e. The second kappa shape index (κ2) is 10.4. The van der Waals surface area contributed by atoms with Gasteiger partial charge in [0.2, 0.25) is 0 Å². The summed E-state index contributed by atoms with van der Waals surface area (Å²) in [6.07, 6.45) is 0. The van der Waals surface area contributed by atoms with Gasteiger partial charge in [-0.25, -0.2) is 0 Å². The summed E-state index contributed by atoms with van der Waals surface area (Å²) in [6, 6.07) is 42.2. The highest BCUT2D eigenvalue weighted by atomic mass is 16.7. The molecule has 2 fully saturated rings. The lowest BCUT2D eigenvalue weighted by molar-refractivity contribution is 0.00578. The van der Waals surface area contributed by atoms with Gasteiger partial charge in [0, 0.05) is 22.4 Å². The highest BCUT2D eigenvalue weighted by Crippen LogP contribution is 2.64. The van der Waals surface area contributed by atoms with Crippen molar-refractivity contribution in [1.82, 2.24) is 0 Å². The maximum atomic E-state index is 7.56. The van der Waals surface area contributed by atoms with Crippen molar-refractivity contribution in [3.8, 4) is 0 Å². The zero-order valence-electron chi connectivity index (χ0n) is 28.3. The molecule has 0 saturated carbocycles. The van der Waals surface area contributed by atoms with Crippen LogP contribution in [0.5, 0.6) is 0 Å². The van der Waals surface area contributed by atoms with E-state index in [4.69, 9.17) is 18.6 Å². The van der Waals surface area contributed by atoms with Gasteiger partial charge in [-0.15, -0.1) is 0 Å². The quantitative estimate of drug-likeness (QED) is 0.216. The third-order valence-electron chi connectivity index (χ3n) is 11.2. The third kappa shape index (κ3) is 4.46. The smallest absolute Gasteiger partial charge is 0.295 e. The Morgan fingerprint density at radius 3 is 0.652 bits per heavy atom. The summed E-state index contributed by atoms with van der Waals surface area (Å²) in [5.74, 6) is 0. The SMILES string of the molecule is CC1(C)O[B-]2(OC1(C)C)C(c1ccccc1)=C(c1ccccc1)[B-]1(OC(C)(C)C(C)(C)O1)C(c1ccccc1)=C2c1ccccc1. The maximum Gasteiger partial charge on any atom is 0.295 e. The molecule has 6 heteroatoms. The van der Waals surface area contributed by atoms with Crippen LogP contribution >= 0.6 is 0 Å². The van der Waals surface area contributed by atoms with E-state index in [1.165, 1.54) is 0 Å². The highest BCUT2D eigenvalue weighted by molar-refractivity contribution is 7.18. The molecule has 0 aromatic heterocycles. The number of hydrogen-bond acceptors (Lipinski definition) is 4. The molecule has 236 valence electrons. The molecule has 7 rings (SSSR count). The summed E-state index contributed by atoms with van der Waals surface area (Å²) in [7, 11) is 0. The van der Waals surface area contributed by atoms with Gasteiger partial charge in [-0.3, -0.25) is 0 Å². The number of hydrogen-bond donors (Lipinski definition) is 0. The second-order valence-electron chi connectivity index (χ2n) is 15.1. The zero-order valence-corrected chi connectivity index (χ0v) is 28.3. The van der Waals surface area contributed by atoms with Crippen LogP contribution in [0, 0.1) is 0 Å². The van der Waals surface area contributed by atoms with Gasteiger partial charge in [0.05, 0.1) is 0 Å². The lowest BCUT2D eigenvalue weighted by Crippen LogP contribution is -2.55. The molecular weight excluding hydrogens is 566 g/mol. The molecule has 0 atom stereocenters. The van der Waals surface area contributed by atoms with Crippen LogP contribution in [0.25, 0.3) is 21.9 Å². The predicted molar refractivity (Wildman–Crippen MR) is 192 cm³/mol. The number of rotatable bonds is 4. The van der Waals surface area contributed by atoms with E-state index >= 15 is 0 Å². The molecule has 0 aliphatic carbocycles. The highest BCUT2D eigenvalue weighted by Gasteiger charge is 2.62. The van der Waals surface area contributed by atoms with Gasteiger partial charge in [0.15, 0.2) is 0 Å². The molecule has 4 aromatic rings. The molecule has 46 heavy (non-hydrogen) atoms. The number of benzene rings is 4. The first-order chi connectivity index (χ1) is 21.7. The normalized spacial score (nSPS) is 23.3. The first-order valence-corrected chi connectivity index (χ1v) is 16.6. The monoisotopic (exact) mass is 610 g/mol. The minimum Gasteiger partial charge on any atom is -0.554 e. The van der Waals surface area contributed by atoms with Crippen LogP contribution in [0.1, 0.15) is 77.6 Å². The molecule has 0 bridgehead atoms. The standard InChI is InChI=1S/C40H44B2O4/c1-37(2)38(3,4)44-41(43-37)33(29-21-13-9-14-22-29)35(31-25-17-11-18-26-31)42(45-39(5,6)40(7,8)46-42)36(32-27-19-12-20-28-32)34(41)30-23-15-10-16-24-30/h9-28H,1-8H3/q-2. The summed E-state index contributed by atoms with van der Waals surface area (Å²) in [5.41, 5.74) is 5.42. The maximum absolute atomic E-state index is 7.56. The van der Waals surface area contributed by atoms with E-state index in [0.717, 1.165) is 44.1 Å². The van der Waals surface area contributed by atoms with Crippen LogP contribution < -0.4 is 0 Å². The fraction of sp³-hybridized carbons (Fsp3) is 0.300. The summed E-state index contributed by atoms with van der Waals surface area (Å²) >= 11 is 0. The Bertz CT molecular complexity index is 1550. The summed E-state index contributed by atoms with van der Waals surface area (Å²) in [5, 5.41) is 0. The average Bonchev–Trinajstić information content (AvgIpc) is 3.34. The molecule has 3 heterocycles. The van der Waals surface area contributed by atoms with E-state index in [1.54, 1.807) is 0 Å². The minimum atomic E-state index is -2.34. The van der Waals surface area contributed by atoms with E-state index in [9.17, 15) is 0 Å². The van der Waals surface area contributed by atoms with Crippen LogP contribution in [-0.2, 0) is 18.6 Å². The van der Waals surface area contributed by atoms with Crippen molar-refractivity contribution < 1.29 is 18.6 Å². The Balaban J connectivity index is 1.76. The summed E-state index contributed by atoms with van der Waals surface area (Å²) in [6.45, 7) is 12.5. The Morgan fingerprint density at radius 2 is 0.478 bits per heavy atom. The molecule has 4 nitrogen and oxygen atoms in total. The van der Waals surface area contributed by atoms with Crippen LogP contribution in [0.4, 0.5) is 0 Å². The predicted octanol–water partition coefficient (Wildman–Crippen LogP) is 9.47. The van der Waals surface area contributed by atoms with E-state index < -0.39 is 35.5 Å². The van der Waals surface area contributed by atoms with Crippen LogP contribution in [-0.4, -0.2) is 35.5 Å². The van der Waals surface area contributed by atoms with Gasteiger partial charge >= 0.3 is 0 Å². The van der Waals surface area contributed by atoms with Crippen molar-refractivity contribution in [2.75, 3.05) is 0 Å². The minimum absolute atomic E-state index is 0.635. The van der Waals surface area contributed by atoms with Gasteiger partial charge in [0.25, 0.3) is 13.1 Å². The average molecular weight is 610 g/mol. The molecule has 2 spiro atoms. The molecule has 4 aromatic carbocycles. The van der Waals surface area contributed by atoms with E-state index in [-0.39, 0.29) is 0 Å². The van der Waals surface area contributed by atoms with Gasteiger partial charge in [-0.2, -0.15) is 21.9 Å². The first kappa shape index (κ1) is 31.0.